The number of carboxylic acid groups (broad SMARTS) is 1. The fourth-order valence-corrected chi connectivity index (χ4v) is 5.71. The SMILES string of the molecule is O=C(O)C(F)(F)F.O=c1c(-c2cn(CC3CCCO3)c3ccccc23)nc2cc(Cl)c(Cl)cc2n1C1CCNCC1. The van der Waals surface area contributed by atoms with Crippen LogP contribution in [0.1, 0.15) is 31.7 Å². The van der Waals surface area contributed by atoms with Gasteiger partial charge in [0.05, 0.1) is 27.2 Å². The van der Waals surface area contributed by atoms with E-state index >= 15 is 0 Å². The number of aliphatic carboxylic acids is 1. The van der Waals surface area contributed by atoms with Crippen LogP contribution in [0.4, 0.5) is 13.2 Å². The number of fused-ring (bicyclic) bond motifs is 2. The number of para-hydroxylation sites is 1. The van der Waals surface area contributed by atoms with Crippen LogP contribution in [0.2, 0.25) is 10.0 Å². The number of hydrogen-bond donors (Lipinski definition) is 2. The van der Waals surface area contributed by atoms with Crippen LogP contribution in [0.5, 0.6) is 0 Å². The summed E-state index contributed by atoms with van der Waals surface area (Å²) in [5, 5.41) is 12.4. The van der Waals surface area contributed by atoms with Gasteiger partial charge in [-0.1, -0.05) is 41.4 Å². The summed E-state index contributed by atoms with van der Waals surface area (Å²) in [5.74, 6) is -2.76. The minimum absolute atomic E-state index is 0.0791. The van der Waals surface area contributed by atoms with Crippen molar-refractivity contribution < 1.29 is 27.8 Å². The lowest BCUT2D eigenvalue weighted by Crippen LogP contribution is -2.35. The Bertz CT molecular complexity index is 1640. The van der Waals surface area contributed by atoms with E-state index in [1.54, 1.807) is 12.1 Å². The van der Waals surface area contributed by atoms with Crippen molar-refractivity contribution in [3.8, 4) is 11.3 Å². The number of nitrogens with zero attached hydrogens (tertiary/aromatic N) is 3. The van der Waals surface area contributed by atoms with Crippen LogP contribution in [0.15, 0.2) is 47.4 Å². The molecule has 0 spiro atoms. The highest BCUT2D eigenvalue weighted by molar-refractivity contribution is 6.42. The summed E-state index contributed by atoms with van der Waals surface area (Å²) in [6, 6.07) is 11.8. The van der Waals surface area contributed by atoms with Crippen LogP contribution in [-0.2, 0) is 16.1 Å². The summed E-state index contributed by atoms with van der Waals surface area (Å²) >= 11 is 12.7. The minimum atomic E-state index is -5.08. The highest BCUT2D eigenvalue weighted by Crippen LogP contribution is 2.33. The van der Waals surface area contributed by atoms with E-state index in [0.717, 1.165) is 73.9 Å². The Morgan fingerprint density at radius 3 is 2.44 bits per heavy atom. The predicted molar refractivity (Wildman–Crippen MR) is 151 cm³/mol. The zero-order valence-corrected chi connectivity index (χ0v) is 23.3. The van der Waals surface area contributed by atoms with E-state index in [2.05, 4.69) is 28.2 Å². The summed E-state index contributed by atoms with van der Waals surface area (Å²) in [6.07, 6.45) is 1.07. The Morgan fingerprint density at radius 2 is 1.78 bits per heavy atom. The molecular weight excluding hydrogens is 584 g/mol. The maximum Gasteiger partial charge on any atom is 0.490 e. The van der Waals surface area contributed by atoms with Crippen LogP contribution >= 0.6 is 23.2 Å². The van der Waals surface area contributed by atoms with E-state index in [4.69, 9.17) is 42.8 Å². The van der Waals surface area contributed by atoms with Crippen LogP contribution in [0, 0.1) is 0 Å². The number of alkyl halides is 3. The van der Waals surface area contributed by atoms with Gasteiger partial charge in [-0.15, -0.1) is 0 Å². The first-order chi connectivity index (χ1) is 19.5. The van der Waals surface area contributed by atoms with Gasteiger partial charge in [0, 0.05) is 41.9 Å². The fourth-order valence-electron chi connectivity index (χ4n) is 5.40. The molecule has 0 saturated carbocycles. The third-order valence-electron chi connectivity index (χ3n) is 7.31. The first-order valence-electron chi connectivity index (χ1n) is 13.2. The predicted octanol–water partition coefficient (Wildman–Crippen LogP) is 6.06. The molecule has 2 aliphatic heterocycles. The summed E-state index contributed by atoms with van der Waals surface area (Å²) in [7, 11) is 0. The van der Waals surface area contributed by atoms with Crippen molar-refractivity contribution in [2.75, 3.05) is 19.7 Å². The molecule has 218 valence electrons. The van der Waals surface area contributed by atoms with Crippen molar-refractivity contribution in [1.82, 2.24) is 19.4 Å². The van der Waals surface area contributed by atoms with Crippen molar-refractivity contribution in [2.24, 2.45) is 0 Å². The molecule has 0 bridgehead atoms. The molecule has 2 aromatic carbocycles. The molecule has 4 heterocycles. The average molecular weight is 611 g/mol. The van der Waals surface area contributed by atoms with Crippen LogP contribution in [-0.4, -0.2) is 57.2 Å². The summed E-state index contributed by atoms with van der Waals surface area (Å²) in [4.78, 5) is 27.8. The van der Waals surface area contributed by atoms with Crippen LogP contribution in [0.25, 0.3) is 33.2 Å². The van der Waals surface area contributed by atoms with Crippen molar-refractivity contribution in [3.63, 3.8) is 0 Å². The molecule has 0 amide bonds. The molecule has 0 radical (unpaired) electrons. The van der Waals surface area contributed by atoms with Gasteiger partial charge in [-0.3, -0.25) is 4.79 Å². The molecule has 6 rings (SSSR count). The van der Waals surface area contributed by atoms with Crippen molar-refractivity contribution in [2.45, 2.75) is 50.6 Å². The highest BCUT2D eigenvalue weighted by Gasteiger charge is 2.38. The average Bonchev–Trinajstić information content (AvgIpc) is 3.58. The lowest BCUT2D eigenvalue weighted by Gasteiger charge is -2.26. The van der Waals surface area contributed by atoms with Gasteiger partial charge in [-0.05, 0) is 57.0 Å². The molecule has 1 unspecified atom stereocenters. The van der Waals surface area contributed by atoms with E-state index in [1.165, 1.54) is 0 Å². The maximum atomic E-state index is 14.0. The van der Waals surface area contributed by atoms with Gasteiger partial charge < -0.3 is 24.3 Å². The molecule has 8 nitrogen and oxygen atoms in total. The lowest BCUT2D eigenvalue weighted by atomic mass is 10.0. The summed E-state index contributed by atoms with van der Waals surface area (Å²) in [5.41, 5.74) is 3.70. The third-order valence-corrected chi connectivity index (χ3v) is 8.04. The molecule has 0 aliphatic carbocycles. The quantitative estimate of drug-likeness (QED) is 0.291. The van der Waals surface area contributed by atoms with E-state index in [0.29, 0.717) is 21.3 Å². The lowest BCUT2D eigenvalue weighted by molar-refractivity contribution is -0.192. The fraction of sp³-hybridized carbons (Fsp3) is 0.393. The standard InChI is InChI=1S/C26H26Cl2N4O2.C2HF3O2/c27-20-12-22-24(13-21(20)28)32(16-7-9-29-10-8-16)26(33)25(30-22)19-15-31(14-17-4-3-11-34-17)23-6-2-1-5-18(19)23;3-2(4,5)1(6)7/h1-2,5-6,12-13,15-17,29H,3-4,7-11,14H2;(H,6,7). The first kappa shape index (κ1) is 29.4. The second-order valence-corrected chi connectivity index (χ2v) is 10.8. The number of rotatable bonds is 4. The third kappa shape index (κ3) is 6.23. The monoisotopic (exact) mass is 610 g/mol. The Morgan fingerprint density at radius 1 is 1.10 bits per heavy atom. The van der Waals surface area contributed by atoms with Crippen molar-refractivity contribution in [3.05, 3.63) is 63.0 Å². The number of carbonyl (C=O) groups is 1. The molecule has 2 aromatic heterocycles. The van der Waals surface area contributed by atoms with Gasteiger partial charge in [-0.25, -0.2) is 9.78 Å². The summed E-state index contributed by atoms with van der Waals surface area (Å²) in [6.45, 7) is 3.32. The Hall–Kier alpha value is -3.12. The van der Waals surface area contributed by atoms with E-state index < -0.39 is 12.1 Å². The Labute approximate surface area is 242 Å². The number of ether oxygens (including phenoxy) is 1. The molecule has 2 aliphatic rings. The smallest absolute Gasteiger partial charge is 0.475 e. The first-order valence-corrected chi connectivity index (χ1v) is 13.9. The second-order valence-electron chi connectivity index (χ2n) is 10.0. The molecule has 2 saturated heterocycles. The number of piperidine rings is 1. The zero-order valence-electron chi connectivity index (χ0n) is 21.8. The molecule has 13 heteroatoms. The second kappa shape index (κ2) is 12.0. The zero-order chi connectivity index (χ0) is 29.3. The number of hydrogen-bond acceptors (Lipinski definition) is 5. The Kier molecular flexibility index (Phi) is 8.60. The number of nitrogens with one attached hydrogen (secondary N) is 1. The van der Waals surface area contributed by atoms with Crippen LogP contribution < -0.4 is 10.9 Å². The number of benzene rings is 2. The maximum absolute atomic E-state index is 14.0. The van der Waals surface area contributed by atoms with E-state index in [9.17, 15) is 18.0 Å². The largest absolute Gasteiger partial charge is 0.490 e. The van der Waals surface area contributed by atoms with E-state index in [-0.39, 0.29) is 17.7 Å². The Balaban J connectivity index is 0.000000431. The molecular formula is C28H27Cl2F3N4O4. The van der Waals surface area contributed by atoms with Crippen molar-refractivity contribution in [1.29, 1.82) is 0 Å². The molecule has 4 aromatic rings. The number of aromatic nitrogens is 3. The highest BCUT2D eigenvalue weighted by atomic mass is 35.5. The molecule has 1 atom stereocenters. The van der Waals surface area contributed by atoms with Gasteiger partial charge >= 0.3 is 12.1 Å². The normalized spacial score (nSPS) is 18.0. The van der Waals surface area contributed by atoms with Gasteiger partial charge in [0.2, 0.25) is 0 Å². The van der Waals surface area contributed by atoms with Gasteiger partial charge in [-0.2, -0.15) is 13.2 Å². The van der Waals surface area contributed by atoms with Crippen molar-refractivity contribution >= 4 is 51.1 Å². The van der Waals surface area contributed by atoms with Gasteiger partial charge in [0.15, 0.2) is 0 Å². The van der Waals surface area contributed by atoms with Crippen LogP contribution in [0.3, 0.4) is 0 Å². The number of halogens is 5. The molecule has 2 N–H and O–H groups in total. The van der Waals surface area contributed by atoms with E-state index in [1.807, 2.05) is 16.7 Å². The molecule has 2 fully saturated rings. The van der Waals surface area contributed by atoms with Gasteiger partial charge in [0.25, 0.3) is 5.56 Å². The topological polar surface area (TPSA) is 98.4 Å². The molecule has 41 heavy (non-hydrogen) atoms. The number of carboxylic acids is 1. The minimum Gasteiger partial charge on any atom is -0.475 e. The summed E-state index contributed by atoms with van der Waals surface area (Å²) < 4.78 is 41.7. The van der Waals surface area contributed by atoms with Gasteiger partial charge in [0.1, 0.15) is 5.69 Å².